The lowest BCUT2D eigenvalue weighted by molar-refractivity contribution is -0.123. The second-order valence-electron chi connectivity index (χ2n) is 5.33. The summed E-state index contributed by atoms with van der Waals surface area (Å²) in [6, 6.07) is -0.384. The second kappa shape index (κ2) is 6.07. The number of anilines is 1. The Morgan fingerprint density at radius 1 is 1.57 bits per heavy atom. The van der Waals surface area contributed by atoms with Crippen LogP contribution in [0.3, 0.4) is 0 Å². The Hall–Kier alpha value is -2.18. The number of carboxylic acids is 1. The van der Waals surface area contributed by atoms with Gasteiger partial charge in [0.1, 0.15) is 11.9 Å². The third-order valence-electron chi connectivity index (χ3n) is 3.53. The zero-order valence-corrected chi connectivity index (χ0v) is 12.5. The topological polar surface area (TPSA) is 95.4 Å². The van der Waals surface area contributed by atoms with E-state index in [-0.39, 0.29) is 23.6 Å². The maximum atomic E-state index is 11.9. The fraction of sp³-hybridized carbons (Fsp3) is 0.571. The number of piperazine rings is 1. The molecule has 7 heteroatoms. The molecule has 0 spiro atoms. The van der Waals surface area contributed by atoms with E-state index in [1.165, 1.54) is 6.20 Å². The Labute approximate surface area is 123 Å². The molecule has 0 aromatic carbocycles. The predicted molar refractivity (Wildman–Crippen MR) is 77.5 cm³/mol. The smallest absolute Gasteiger partial charge is 0.356 e. The number of carbonyl (C=O) groups is 2. The molecule has 1 saturated heterocycles. The normalized spacial score (nSPS) is 18.8. The highest BCUT2D eigenvalue weighted by atomic mass is 16.4. The molecule has 1 aromatic heterocycles. The molecule has 0 bridgehead atoms. The quantitative estimate of drug-likeness (QED) is 0.860. The summed E-state index contributed by atoms with van der Waals surface area (Å²) in [4.78, 5) is 33.6. The van der Waals surface area contributed by atoms with Crippen LogP contribution in [0.4, 0.5) is 5.69 Å². The molecule has 0 aliphatic carbocycles. The Kier molecular flexibility index (Phi) is 4.40. The molecule has 2 N–H and O–H groups in total. The van der Waals surface area contributed by atoms with Crippen molar-refractivity contribution in [2.75, 3.05) is 18.0 Å². The zero-order valence-electron chi connectivity index (χ0n) is 12.5. The van der Waals surface area contributed by atoms with Gasteiger partial charge in [-0.05, 0) is 6.42 Å². The van der Waals surface area contributed by atoms with Crippen molar-refractivity contribution in [2.24, 2.45) is 0 Å². The largest absolute Gasteiger partial charge is 0.476 e. The minimum atomic E-state index is -1.10. The number of hydrogen-bond acceptors (Lipinski definition) is 5. The molecule has 0 saturated carbocycles. The lowest BCUT2D eigenvalue weighted by Crippen LogP contribution is -2.55. The van der Waals surface area contributed by atoms with E-state index < -0.39 is 5.97 Å². The van der Waals surface area contributed by atoms with Crippen molar-refractivity contribution in [2.45, 2.75) is 39.2 Å². The molecule has 1 fully saturated rings. The number of nitrogens with one attached hydrogen (secondary N) is 1. The Bertz CT molecular complexity index is 559. The van der Waals surface area contributed by atoms with E-state index in [1.54, 1.807) is 4.90 Å². The zero-order chi connectivity index (χ0) is 15.6. The average molecular weight is 292 g/mol. The van der Waals surface area contributed by atoms with Gasteiger partial charge in [0.25, 0.3) is 0 Å². The summed E-state index contributed by atoms with van der Waals surface area (Å²) in [6.07, 6.45) is 2.11. The summed E-state index contributed by atoms with van der Waals surface area (Å²) in [5.41, 5.74) is 0.371. The van der Waals surface area contributed by atoms with Crippen LogP contribution in [0.15, 0.2) is 6.20 Å². The first kappa shape index (κ1) is 15.2. The molecular weight excluding hydrogens is 272 g/mol. The van der Waals surface area contributed by atoms with Crippen molar-refractivity contribution < 1.29 is 14.7 Å². The lowest BCUT2D eigenvalue weighted by atomic mass is 10.1. The fourth-order valence-electron chi connectivity index (χ4n) is 2.44. The van der Waals surface area contributed by atoms with Crippen molar-refractivity contribution in [3.63, 3.8) is 0 Å². The molecule has 0 radical (unpaired) electrons. The molecule has 114 valence electrons. The lowest BCUT2D eigenvalue weighted by Gasteiger charge is -2.36. The number of aromatic carboxylic acids is 1. The molecule has 7 nitrogen and oxygen atoms in total. The number of amides is 1. The van der Waals surface area contributed by atoms with Crippen LogP contribution in [-0.2, 0) is 4.79 Å². The molecule has 1 amide bonds. The summed E-state index contributed by atoms with van der Waals surface area (Å²) in [7, 11) is 0. The van der Waals surface area contributed by atoms with Crippen LogP contribution >= 0.6 is 0 Å². The molecule has 2 rings (SSSR count). The van der Waals surface area contributed by atoms with E-state index in [0.717, 1.165) is 0 Å². The SMILES string of the molecule is CCC1C(=O)NCCN1c1cnc(C(C)C)nc1C(=O)O. The Morgan fingerprint density at radius 3 is 2.86 bits per heavy atom. The van der Waals surface area contributed by atoms with Crippen LogP contribution in [0.25, 0.3) is 0 Å². The summed E-state index contributed by atoms with van der Waals surface area (Å²) in [6.45, 7) is 6.75. The third-order valence-corrected chi connectivity index (χ3v) is 3.53. The van der Waals surface area contributed by atoms with Gasteiger partial charge in [-0.25, -0.2) is 14.8 Å². The monoisotopic (exact) mass is 292 g/mol. The van der Waals surface area contributed by atoms with Crippen molar-refractivity contribution >= 4 is 17.6 Å². The van der Waals surface area contributed by atoms with E-state index in [4.69, 9.17) is 0 Å². The summed E-state index contributed by atoms with van der Waals surface area (Å²) in [5, 5.41) is 12.2. The summed E-state index contributed by atoms with van der Waals surface area (Å²) < 4.78 is 0. The minimum Gasteiger partial charge on any atom is -0.476 e. The van der Waals surface area contributed by atoms with Gasteiger partial charge in [-0.15, -0.1) is 0 Å². The van der Waals surface area contributed by atoms with Gasteiger partial charge >= 0.3 is 5.97 Å². The van der Waals surface area contributed by atoms with Gasteiger partial charge in [-0.2, -0.15) is 0 Å². The first-order valence-corrected chi connectivity index (χ1v) is 7.10. The van der Waals surface area contributed by atoms with Crippen molar-refractivity contribution in [3.8, 4) is 0 Å². The number of aromatic nitrogens is 2. The van der Waals surface area contributed by atoms with E-state index in [0.29, 0.717) is 31.0 Å². The number of carbonyl (C=O) groups excluding carboxylic acids is 1. The Balaban J connectivity index is 2.46. The first-order chi connectivity index (χ1) is 9.95. The molecule has 1 atom stereocenters. The minimum absolute atomic E-state index is 0.0400. The van der Waals surface area contributed by atoms with E-state index in [9.17, 15) is 14.7 Å². The first-order valence-electron chi connectivity index (χ1n) is 7.10. The van der Waals surface area contributed by atoms with Gasteiger partial charge in [-0.3, -0.25) is 4.79 Å². The van der Waals surface area contributed by atoms with Crippen LogP contribution in [0, 0.1) is 0 Å². The van der Waals surface area contributed by atoms with E-state index in [2.05, 4.69) is 15.3 Å². The van der Waals surface area contributed by atoms with Gasteiger partial charge in [0, 0.05) is 19.0 Å². The van der Waals surface area contributed by atoms with Gasteiger partial charge in [0.15, 0.2) is 5.69 Å². The standard InChI is InChI=1S/C14H20N4O3/c1-4-9-13(19)15-5-6-18(9)10-7-16-12(8(2)3)17-11(10)14(20)21/h7-9H,4-6H2,1-3H3,(H,15,19)(H,20,21). The van der Waals surface area contributed by atoms with Crippen molar-refractivity contribution in [3.05, 3.63) is 17.7 Å². The summed E-state index contributed by atoms with van der Waals surface area (Å²) >= 11 is 0. The predicted octanol–water partition coefficient (Wildman–Crippen LogP) is 1.01. The molecule has 1 aliphatic heterocycles. The fourth-order valence-corrected chi connectivity index (χ4v) is 2.44. The number of rotatable bonds is 4. The van der Waals surface area contributed by atoms with Gasteiger partial charge in [0.05, 0.1) is 11.9 Å². The Morgan fingerprint density at radius 2 is 2.29 bits per heavy atom. The number of carboxylic acid groups (broad SMARTS) is 1. The molecule has 2 heterocycles. The van der Waals surface area contributed by atoms with Gasteiger partial charge in [-0.1, -0.05) is 20.8 Å². The van der Waals surface area contributed by atoms with Crippen LogP contribution < -0.4 is 10.2 Å². The van der Waals surface area contributed by atoms with Crippen LogP contribution in [0.5, 0.6) is 0 Å². The molecular formula is C14H20N4O3. The maximum absolute atomic E-state index is 11.9. The average Bonchev–Trinajstić information content (AvgIpc) is 2.46. The highest BCUT2D eigenvalue weighted by Crippen LogP contribution is 2.24. The molecule has 1 unspecified atom stereocenters. The summed E-state index contributed by atoms with van der Waals surface area (Å²) in [5.74, 6) is -0.655. The van der Waals surface area contributed by atoms with Gasteiger partial charge in [0.2, 0.25) is 5.91 Å². The van der Waals surface area contributed by atoms with Crippen LogP contribution in [-0.4, -0.2) is 46.1 Å². The van der Waals surface area contributed by atoms with E-state index in [1.807, 2.05) is 20.8 Å². The molecule has 21 heavy (non-hydrogen) atoms. The highest BCUT2D eigenvalue weighted by Gasteiger charge is 2.31. The third kappa shape index (κ3) is 2.96. The van der Waals surface area contributed by atoms with Crippen molar-refractivity contribution in [1.82, 2.24) is 15.3 Å². The van der Waals surface area contributed by atoms with Gasteiger partial charge < -0.3 is 15.3 Å². The highest BCUT2D eigenvalue weighted by molar-refractivity contribution is 5.94. The molecule has 1 aromatic rings. The maximum Gasteiger partial charge on any atom is 0.356 e. The number of hydrogen-bond donors (Lipinski definition) is 2. The van der Waals surface area contributed by atoms with Crippen molar-refractivity contribution in [1.29, 1.82) is 0 Å². The van der Waals surface area contributed by atoms with E-state index >= 15 is 0 Å². The van der Waals surface area contributed by atoms with Crippen LogP contribution in [0.2, 0.25) is 0 Å². The number of nitrogens with zero attached hydrogens (tertiary/aromatic N) is 3. The van der Waals surface area contributed by atoms with Crippen LogP contribution in [0.1, 0.15) is 49.4 Å². The second-order valence-corrected chi connectivity index (χ2v) is 5.33. The molecule has 1 aliphatic rings.